The number of hydrogen-bond acceptors (Lipinski definition) is 14. The van der Waals surface area contributed by atoms with Crippen LogP contribution in [0.15, 0.2) is 48.5 Å². The number of rotatable bonds is 32. The molecule has 5 atom stereocenters. The minimum absolute atomic E-state index is 0. The van der Waals surface area contributed by atoms with E-state index in [1.54, 1.807) is 48.5 Å². The molecule has 0 aliphatic carbocycles. The molecular weight excluding hydrogens is 943 g/mol. The maximum absolute atomic E-state index is 12.6. The van der Waals surface area contributed by atoms with Gasteiger partial charge < -0.3 is 38.7 Å². The summed E-state index contributed by atoms with van der Waals surface area (Å²) in [5, 5.41) is 17.3. The summed E-state index contributed by atoms with van der Waals surface area (Å²) in [6, 6.07) is 13.5. The molecule has 0 bridgehead atoms. The van der Waals surface area contributed by atoms with Crippen LogP contribution >= 0.6 is 0 Å². The molecule has 18 heteroatoms. The van der Waals surface area contributed by atoms with Gasteiger partial charge >= 0.3 is 83.0 Å². The van der Waals surface area contributed by atoms with E-state index in [0.29, 0.717) is 0 Å². The number of ether oxygens (including phenoxy) is 4. The SMILES string of the molecule is CCCCCCC(C)OC(=O)c1ccccc1C(=O)OC(C)CCCCCC.CCCCCCC(C)OC(=O)c1ccccc1C(=O)OC(C)CCCCCC.O=C([O-])CC(C(=O)[O-])S(=O)(=O)O.[Na+].[Na+]. The van der Waals surface area contributed by atoms with Crippen LogP contribution in [-0.4, -0.2) is 78.5 Å². The van der Waals surface area contributed by atoms with Gasteiger partial charge in [0.2, 0.25) is 0 Å². The van der Waals surface area contributed by atoms with Gasteiger partial charge in [0, 0.05) is 12.4 Å². The number of carboxylic acid groups (broad SMARTS) is 2. The molecule has 0 radical (unpaired) electrons. The van der Waals surface area contributed by atoms with Crippen LogP contribution in [0, 0.1) is 0 Å². The van der Waals surface area contributed by atoms with Gasteiger partial charge in [-0.05, 0) is 103 Å². The number of carbonyl (C=O) groups is 6. The zero-order chi connectivity index (χ0) is 51.5. The second kappa shape index (κ2) is 42.7. The fraction of sp³-hybridized carbons (Fsp3) is 0.654. The van der Waals surface area contributed by atoms with Crippen LogP contribution in [0.1, 0.15) is 232 Å². The van der Waals surface area contributed by atoms with E-state index >= 15 is 0 Å². The van der Waals surface area contributed by atoms with Gasteiger partial charge in [0.05, 0.1) is 52.6 Å². The van der Waals surface area contributed by atoms with E-state index in [4.69, 9.17) is 23.5 Å². The van der Waals surface area contributed by atoms with Gasteiger partial charge in [-0.2, -0.15) is 8.42 Å². The molecule has 0 heterocycles. The van der Waals surface area contributed by atoms with Crippen molar-refractivity contribution >= 4 is 45.9 Å². The van der Waals surface area contributed by atoms with Crippen molar-refractivity contribution in [2.24, 2.45) is 0 Å². The van der Waals surface area contributed by atoms with Crippen molar-refractivity contribution < 1.29 is 130 Å². The molecule has 0 fully saturated rings. The third kappa shape index (κ3) is 33.8. The van der Waals surface area contributed by atoms with E-state index in [-0.39, 0.29) is 106 Å². The van der Waals surface area contributed by atoms with Gasteiger partial charge in [0.15, 0.2) is 0 Å². The average molecular weight is 1020 g/mol. The first kappa shape index (κ1) is 71.4. The van der Waals surface area contributed by atoms with Gasteiger partial charge in [0.25, 0.3) is 10.1 Å². The molecule has 0 spiro atoms. The first-order valence-electron chi connectivity index (χ1n) is 24.6. The number of unbranched alkanes of at least 4 members (excludes halogenated alkanes) is 12. The van der Waals surface area contributed by atoms with Crippen LogP contribution in [0.5, 0.6) is 0 Å². The Morgan fingerprint density at radius 3 is 0.843 bits per heavy atom. The molecule has 15 nitrogen and oxygen atoms in total. The smallest absolute Gasteiger partial charge is 0.550 e. The van der Waals surface area contributed by atoms with E-state index in [1.807, 2.05) is 27.7 Å². The van der Waals surface area contributed by atoms with Gasteiger partial charge in [0.1, 0.15) is 5.25 Å². The Morgan fingerprint density at radius 2 is 0.686 bits per heavy atom. The van der Waals surface area contributed by atoms with Crippen molar-refractivity contribution in [2.75, 3.05) is 0 Å². The van der Waals surface area contributed by atoms with Crippen LogP contribution in [-0.2, 0) is 38.7 Å². The Labute approximate surface area is 463 Å². The Kier molecular flexibility index (Phi) is 43.5. The average Bonchev–Trinajstić information content (AvgIpc) is 3.28. The molecule has 0 saturated heterocycles. The van der Waals surface area contributed by atoms with Crippen LogP contribution in [0.4, 0.5) is 0 Å². The van der Waals surface area contributed by atoms with E-state index < -0.39 is 57.6 Å². The summed E-state index contributed by atoms with van der Waals surface area (Å²) in [5.74, 6) is -5.89. The maximum Gasteiger partial charge on any atom is 1.00 e. The summed E-state index contributed by atoms with van der Waals surface area (Å²) in [6.07, 6.45) is 19.7. The van der Waals surface area contributed by atoms with Crippen LogP contribution in [0.25, 0.3) is 0 Å². The van der Waals surface area contributed by atoms with Crippen LogP contribution < -0.4 is 69.3 Å². The summed E-state index contributed by atoms with van der Waals surface area (Å²) in [4.78, 5) is 70.0. The largest absolute Gasteiger partial charge is 1.00 e. The molecule has 2 aromatic carbocycles. The first-order chi connectivity index (χ1) is 32.2. The first-order valence-corrected chi connectivity index (χ1v) is 26.1. The van der Waals surface area contributed by atoms with Crippen molar-refractivity contribution in [1.29, 1.82) is 0 Å². The van der Waals surface area contributed by atoms with Gasteiger partial charge in [-0.1, -0.05) is 129 Å². The van der Waals surface area contributed by atoms with Crippen molar-refractivity contribution in [3.05, 3.63) is 70.8 Å². The van der Waals surface area contributed by atoms with Crippen LogP contribution in [0.2, 0.25) is 0 Å². The summed E-state index contributed by atoms with van der Waals surface area (Å²) < 4.78 is 50.7. The number of benzene rings is 2. The molecule has 0 aliphatic heterocycles. The summed E-state index contributed by atoms with van der Waals surface area (Å²) in [6.45, 7) is 16.3. The summed E-state index contributed by atoms with van der Waals surface area (Å²) >= 11 is 0. The maximum atomic E-state index is 12.6. The fourth-order valence-electron chi connectivity index (χ4n) is 6.79. The van der Waals surface area contributed by atoms with Crippen molar-refractivity contribution in [1.82, 2.24) is 0 Å². The topological polar surface area (TPSA) is 240 Å². The number of carbonyl (C=O) groups excluding carboxylic acids is 6. The molecule has 0 saturated carbocycles. The standard InChI is InChI=1S/2C24H38O4.C4H6O7S.2Na/c2*1-5-7-9-11-15-19(3)27-23(25)21-17-13-14-18-22(21)24(26)28-20(4)16-12-10-8-6-2;5-3(6)1-2(4(7)8)12(9,10)11;;/h2*13-14,17-20H,5-12,15-16H2,1-4H3;2H,1H2,(H,5,6)(H,7,8)(H,9,10,11);;/q;;;2*+1/p-2. The normalized spacial score (nSPS) is 12.8. The predicted molar refractivity (Wildman–Crippen MR) is 257 cm³/mol. The third-order valence-corrected chi connectivity index (χ3v) is 11.9. The molecule has 2 rings (SSSR count). The molecule has 0 amide bonds. The second-order valence-corrected chi connectivity index (χ2v) is 18.8. The number of aliphatic carboxylic acids is 2. The Balaban J connectivity index is -0.00000102. The number of hydrogen-bond donors (Lipinski definition) is 1. The molecule has 386 valence electrons. The van der Waals surface area contributed by atoms with Gasteiger partial charge in [-0.15, -0.1) is 0 Å². The minimum atomic E-state index is -4.94. The monoisotopic (exact) mass is 1020 g/mol. The molecule has 2 aromatic rings. The van der Waals surface area contributed by atoms with E-state index in [9.17, 15) is 47.4 Å². The number of esters is 4. The fourth-order valence-corrected chi connectivity index (χ4v) is 7.38. The molecule has 0 aliphatic rings. The van der Waals surface area contributed by atoms with Gasteiger partial charge in [-0.3, -0.25) is 4.55 Å². The molecule has 5 unspecified atom stereocenters. The number of carboxylic acids is 2. The Morgan fingerprint density at radius 1 is 0.457 bits per heavy atom. The van der Waals surface area contributed by atoms with Crippen molar-refractivity contribution in [2.45, 2.75) is 220 Å². The second-order valence-electron chi connectivity index (χ2n) is 17.3. The molecular formula is C52H80Na2O15S. The van der Waals surface area contributed by atoms with Crippen molar-refractivity contribution in [3.8, 4) is 0 Å². The molecule has 0 aromatic heterocycles. The quantitative estimate of drug-likeness (QED) is 0.0362. The summed E-state index contributed by atoms with van der Waals surface area (Å²) in [7, 11) is -4.94. The van der Waals surface area contributed by atoms with E-state index in [0.717, 1.165) is 77.0 Å². The molecule has 70 heavy (non-hydrogen) atoms. The predicted octanol–water partition coefficient (Wildman–Crippen LogP) is 3.58. The molecule has 1 N–H and O–H groups in total. The summed E-state index contributed by atoms with van der Waals surface area (Å²) in [5.41, 5.74) is 1.13. The van der Waals surface area contributed by atoms with Gasteiger partial charge in [-0.25, -0.2) is 19.2 Å². The van der Waals surface area contributed by atoms with E-state index in [2.05, 4.69) is 27.7 Å². The Bertz CT molecular complexity index is 1690. The van der Waals surface area contributed by atoms with Crippen molar-refractivity contribution in [3.63, 3.8) is 0 Å². The minimum Gasteiger partial charge on any atom is -0.550 e. The zero-order valence-electron chi connectivity index (χ0n) is 43.9. The third-order valence-electron chi connectivity index (χ3n) is 10.8. The Hall–Kier alpha value is -2.83. The van der Waals surface area contributed by atoms with E-state index in [1.165, 1.54) is 51.4 Å². The zero-order valence-corrected chi connectivity index (χ0v) is 48.7. The van der Waals surface area contributed by atoms with Crippen LogP contribution in [0.3, 0.4) is 0 Å².